The van der Waals surface area contributed by atoms with E-state index in [1.807, 2.05) is 39.8 Å². The van der Waals surface area contributed by atoms with Crippen molar-refractivity contribution in [3.05, 3.63) is 71.3 Å². The summed E-state index contributed by atoms with van der Waals surface area (Å²) in [5.41, 5.74) is 5.01. The van der Waals surface area contributed by atoms with Crippen LogP contribution in [0.25, 0.3) is 11.1 Å². The normalized spacial score (nSPS) is 19.0. The Bertz CT molecular complexity index is 933. The summed E-state index contributed by atoms with van der Waals surface area (Å²) < 4.78 is 0. The third-order valence-corrected chi connectivity index (χ3v) is 5.81. The van der Waals surface area contributed by atoms with Gasteiger partial charge in [0.2, 0.25) is 0 Å². The Kier molecular flexibility index (Phi) is 5.85. The minimum atomic E-state index is -1.03. The number of benzene rings is 1. The molecule has 0 aliphatic heterocycles. The molecule has 2 rings (SSSR count). The van der Waals surface area contributed by atoms with Crippen molar-refractivity contribution >= 4 is 22.7 Å². The molecule has 148 valence electrons. The van der Waals surface area contributed by atoms with Crippen LogP contribution in [0.5, 0.6) is 0 Å². The van der Waals surface area contributed by atoms with E-state index in [4.69, 9.17) is 0 Å². The fraction of sp³-hybridized carbons (Fsp3) is 0.385. The van der Waals surface area contributed by atoms with Gasteiger partial charge in [0, 0.05) is 11.0 Å². The predicted octanol–water partition coefficient (Wildman–Crippen LogP) is 6.37. The number of Topliss-reactive ketones (excluding diaryl/α,β-unsaturated/α-hetero) is 2. The molecule has 0 saturated carbocycles. The maximum absolute atomic E-state index is 13.3. The quantitative estimate of drug-likeness (QED) is 0.442. The number of ketones is 2. The van der Waals surface area contributed by atoms with Gasteiger partial charge in [-0.25, -0.2) is 0 Å². The smallest absolute Gasteiger partial charge is 0.176 e. The van der Waals surface area contributed by atoms with Gasteiger partial charge in [-0.1, -0.05) is 49.9 Å². The van der Waals surface area contributed by atoms with Crippen molar-refractivity contribution < 1.29 is 9.59 Å². The molecule has 0 amide bonds. The van der Waals surface area contributed by atoms with Crippen LogP contribution in [0, 0.1) is 10.8 Å². The highest BCUT2D eigenvalue weighted by Gasteiger charge is 2.48. The van der Waals surface area contributed by atoms with Crippen LogP contribution in [0.15, 0.2) is 54.7 Å². The monoisotopic (exact) mass is 376 g/mol. The number of hydrogen-bond acceptors (Lipinski definition) is 2. The molecule has 0 fully saturated rings. The Labute approximate surface area is 169 Å². The molecule has 1 aromatic carbocycles. The lowest BCUT2D eigenvalue weighted by Crippen LogP contribution is -2.45. The first-order valence-electron chi connectivity index (χ1n) is 9.83. The Hall–Kier alpha value is -2.48. The fourth-order valence-corrected chi connectivity index (χ4v) is 3.96. The van der Waals surface area contributed by atoms with Crippen molar-refractivity contribution in [1.82, 2.24) is 0 Å². The van der Waals surface area contributed by atoms with Crippen molar-refractivity contribution in [2.75, 3.05) is 0 Å². The summed E-state index contributed by atoms with van der Waals surface area (Å²) in [6.07, 6.45) is 4.49. The molecular weight excluding hydrogens is 344 g/mol. The minimum Gasteiger partial charge on any atom is -0.298 e. The fourth-order valence-electron chi connectivity index (χ4n) is 3.96. The molecule has 0 saturated heterocycles. The van der Waals surface area contributed by atoms with E-state index < -0.39 is 10.8 Å². The van der Waals surface area contributed by atoms with Gasteiger partial charge in [-0.3, -0.25) is 9.59 Å². The summed E-state index contributed by atoms with van der Waals surface area (Å²) in [6, 6.07) is 6.21. The van der Waals surface area contributed by atoms with E-state index in [-0.39, 0.29) is 11.6 Å². The SMILES string of the molecule is C=C/C(=C(/C)C(=C)C)c1ccc(CC)c(C2=CC(C)(C)C(=O)C(C)(C)C2=O)c1. The Morgan fingerprint density at radius 2 is 1.71 bits per heavy atom. The van der Waals surface area contributed by atoms with Gasteiger partial charge in [-0.15, -0.1) is 0 Å². The van der Waals surface area contributed by atoms with Crippen LogP contribution >= 0.6 is 0 Å². The minimum absolute atomic E-state index is 0.0345. The van der Waals surface area contributed by atoms with Crippen molar-refractivity contribution in [1.29, 1.82) is 0 Å². The predicted molar refractivity (Wildman–Crippen MR) is 119 cm³/mol. The molecule has 0 N–H and O–H groups in total. The molecule has 1 aliphatic carbocycles. The van der Waals surface area contributed by atoms with Gasteiger partial charge in [-0.2, -0.15) is 0 Å². The third kappa shape index (κ3) is 3.61. The maximum Gasteiger partial charge on any atom is 0.176 e. The van der Waals surface area contributed by atoms with E-state index in [0.29, 0.717) is 5.57 Å². The summed E-state index contributed by atoms with van der Waals surface area (Å²) in [4.78, 5) is 26.1. The van der Waals surface area contributed by atoms with E-state index in [0.717, 1.165) is 39.8 Å². The van der Waals surface area contributed by atoms with Gasteiger partial charge in [-0.05, 0) is 81.9 Å². The first kappa shape index (κ1) is 21.8. The molecule has 2 nitrogen and oxygen atoms in total. The second-order valence-electron chi connectivity index (χ2n) is 8.81. The van der Waals surface area contributed by atoms with Crippen LogP contribution in [0.3, 0.4) is 0 Å². The Morgan fingerprint density at radius 1 is 1.11 bits per heavy atom. The highest BCUT2D eigenvalue weighted by Crippen LogP contribution is 2.43. The van der Waals surface area contributed by atoms with Crippen molar-refractivity contribution in [3.63, 3.8) is 0 Å². The zero-order chi connectivity index (χ0) is 21.4. The van der Waals surface area contributed by atoms with Crippen LogP contribution in [-0.2, 0) is 16.0 Å². The van der Waals surface area contributed by atoms with E-state index in [9.17, 15) is 9.59 Å². The van der Waals surface area contributed by atoms with Crippen molar-refractivity contribution in [2.45, 2.75) is 54.9 Å². The topological polar surface area (TPSA) is 34.1 Å². The Balaban J connectivity index is 2.80. The summed E-state index contributed by atoms with van der Waals surface area (Å²) in [6.45, 7) is 21.4. The third-order valence-electron chi connectivity index (χ3n) is 5.81. The first-order valence-corrected chi connectivity index (χ1v) is 9.83. The molecule has 1 aliphatic rings. The molecule has 0 heterocycles. The highest BCUT2D eigenvalue weighted by molar-refractivity contribution is 6.33. The van der Waals surface area contributed by atoms with Gasteiger partial charge in [0.25, 0.3) is 0 Å². The number of hydrogen-bond donors (Lipinski definition) is 0. The van der Waals surface area contributed by atoms with Gasteiger partial charge >= 0.3 is 0 Å². The molecule has 0 spiro atoms. The molecule has 2 heteroatoms. The highest BCUT2D eigenvalue weighted by atomic mass is 16.2. The van der Waals surface area contributed by atoms with Gasteiger partial charge in [0.05, 0.1) is 5.41 Å². The van der Waals surface area contributed by atoms with Crippen LogP contribution in [0.4, 0.5) is 0 Å². The largest absolute Gasteiger partial charge is 0.298 e. The molecule has 0 bridgehead atoms. The molecule has 28 heavy (non-hydrogen) atoms. The zero-order valence-electron chi connectivity index (χ0n) is 18.3. The number of carbonyl (C=O) groups excluding carboxylic acids is 2. The average Bonchev–Trinajstić information content (AvgIpc) is 2.64. The molecule has 0 aromatic heterocycles. The summed E-state index contributed by atoms with van der Waals surface area (Å²) >= 11 is 0. The van der Waals surface area contributed by atoms with Crippen LogP contribution in [0.1, 0.15) is 65.2 Å². The lowest BCUT2D eigenvalue weighted by molar-refractivity contribution is -0.141. The zero-order valence-corrected chi connectivity index (χ0v) is 18.3. The number of carbonyl (C=O) groups is 2. The second kappa shape index (κ2) is 7.50. The maximum atomic E-state index is 13.3. The van der Waals surface area contributed by atoms with E-state index >= 15 is 0 Å². The summed E-state index contributed by atoms with van der Waals surface area (Å²) in [7, 11) is 0. The number of aryl methyl sites for hydroxylation is 1. The van der Waals surface area contributed by atoms with Crippen molar-refractivity contribution in [2.24, 2.45) is 10.8 Å². The number of allylic oxidation sites excluding steroid dienone is 6. The summed E-state index contributed by atoms with van der Waals surface area (Å²) in [5.74, 6) is -0.141. The summed E-state index contributed by atoms with van der Waals surface area (Å²) in [5, 5.41) is 0. The van der Waals surface area contributed by atoms with E-state index in [2.05, 4.69) is 38.3 Å². The molecule has 0 radical (unpaired) electrons. The number of rotatable bonds is 5. The van der Waals surface area contributed by atoms with Gasteiger partial charge in [0.1, 0.15) is 0 Å². The van der Waals surface area contributed by atoms with Crippen LogP contribution in [0.2, 0.25) is 0 Å². The lowest BCUT2D eigenvalue weighted by Gasteiger charge is -2.36. The van der Waals surface area contributed by atoms with Gasteiger partial charge < -0.3 is 0 Å². The second-order valence-corrected chi connectivity index (χ2v) is 8.81. The molecule has 0 unspecified atom stereocenters. The van der Waals surface area contributed by atoms with Crippen LogP contribution in [-0.4, -0.2) is 11.6 Å². The Morgan fingerprint density at radius 3 is 2.21 bits per heavy atom. The molecule has 1 aromatic rings. The van der Waals surface area contributed by atoms with Gasteiger partial charge in [0.15, 0.2) is 11.6 Å². The first-order chi connectivity index (χ1) is 12.9. The van der Waals surface area contributed by atoms with E-state index in [1.54, 1.807) is 13.8 Å². The molecular formula is C26H32O2. The standard InChI is InChI=1S/C26H32O2/c1-10-18-12-13-19(20(11-2)17(5)16(3)4)14-21(18)22-15-25(6,7)24(28)26(8,9)23(22)27/h11-15H,2-3,10H2,1,4-9H3/b20-17+. The van der Waals surface area contributed by atoms with Crippen molar-refractivity contribution in [3.8, 4) is 0 Å². The van der Waals surface area contributed by atoms with E-state index in [1.165, 1.54) is 0 Å². The molecule has 0 atom stereocenters. The lowest BCUT2D eigenvalue weighted by atomic mass is 9.63. The van der Waals surface area contributed by atoms with Crippen LogP contribution < -0.4 is 0 Å². The average molecular weight is 377 g/mol.